The van der Waals surface area contributed by atoms with Gasteiger partial charge in [-0.25, -0.2) is 0 Å². The maximum absolute atomic E-state index is 9.24. The van der Waals surface area contributed by atoms with Crippen LogP contribution in [0.2, 0.25) is 0 Å². The van der Waals surface area contributed by atoms with Gasteiger partial charge in [-0.05, 0) is 29.7 Å². The number of aliphatic hydroxyl groups excluding tert-OH is 1. The maximum Gasteiger partial charge on any atom is 0.0952 e. The molecule has 0 amide bonds. The van der Waals surface area contributed by atoms with Gasteiger partial charge in [-0.15, -0.1) is 0 Å². The highest BCUT2D eigenvalue weighted by molar-refractivity contribution is 5.82. The van der Waals surface area contributed by atoms with Gasteiger partial charge in [0.2, 0.25) is 0 Å². The van der Waals surface area contributed by atoms with Crippen LogP contribution in [0.25, 0.3) is 10.9 Å². The molecule has 0 bridgehead atoms. The van der Waals surface area contributed by atoms with E-state index in [4.69, 9.17) is 0 Å². The molecule has 0 fully saturated rings. The molecular formula is C16H16N2O. The van der Waals surface area contributed by atoms with Gasteiger partial charge in [-0.2, -0.15) is 5.10 Å². The Labute approximate surface area is 112 Å². The second-order valence-corrected chi connectivity index (χ2v) is 4.82. The third kappa shape index (κ3) is 2.37. The largest absolute Gasteiger partial charge is 0.392 e. The number of aromatic nitrogens is 2. The zero-order valence-electron chi connectivity index (χ0n) is 10.9. The van der Waals surface area contributed by atoms with Gasteiger partial charge in [0.1, 0.15) is 0 Å². The Hall–Kier alpha value is -2.13. The highest BCUT2D eigenvalue weighted by atomic mass is 16.3. The highest BCUT2D eigenvalue weighted by Gasteiger charge is 2.06. The summed E-state index contributed by atoms with van der Waals surface area (Å²) in [4.78, 5) is 0. The first-order valence-corrected chi connectivity index (χ1v) is 6.38. The average Bonchev–Trinajstić information content (AvgIpc) is 2.83. The van der Waals surface area contributed by atoms with Crippen LogP contribution in [0.15, 0.2) is 48.7 Å². The summed E-state index contributed by atoms with van der Waals surface area (Å²) < 4.78 is 1.95. The summed E-state index contributed by atoms with van der Waals surface area (Å²) in [5.74, 6) is 0. The summed E-state index contributed by atoms with van der Waals surface area (Å²) in [6, 6.07) is 14.3. The summed E-state index contributed by atoms with van der Waals surface area (Å²) in [6.45, 7) is 2.87. The van der Waals surface area contributed by atoms with Gasteiger partial charge in [0.05, 0.1) is 18.7 Å². The third-order valence-electron chi connectivity index (χ3n) is 3.28. The van der Waals surface area contributed by atoms with Crippen LogP contribution in [0.5, 0.6) is 0 Å². The van der Waals surface area contributed by atoms with E-state index in [-0.39, 0.29) is 6.61 Å². The van der Waals surface area contributed by atoms with E-state index in [2.05, 4.69) is 17.2 Å². The molecule has 3 aromatic rings. The topological polar surface area (TPSA) is 38.0 Å². The minimum Gasteiger partial charge on any atom is -0.392 e. The summed E-state index contributed by atoms with van der Waals surface area (Å²) in [6.07, 6.45) is 2.04. The molecule has 3 rings (SSSR count). The van der Waals surface area contributed by atoms with Crippen LogP contribution < -0.4 is 0 Å². The monoisotopic (exact) mass is 252 g/mol. The molecule has 0 aliphatic heterocycles. The normalized spacial score (nSPS) is 11.1. The molecule has 96 valence electrons. The molecule has 3 nitrogen and oxygen atoms in total. The predicted octanol–water partition coefficient (Wildman–Crippen LogP) is 2.89. The van der Waals surface area contributed by atoms with Crippen LogP contribution in [0, 0.1) is 6.92 Å². The quantitative estimate of drug-likeness (QED) is 0.778. The number of aryl methyl sites for hydroxylation is 1. The van der Waals surface area contributed by atoms with Gasteiger partial charge in [-0.1, -0.05) is 36.4 Å². The number of fused-ring (bicyclic) bond motifs is 1. The Bertz CT molecular complexity index is 701. The van der Waals surface area contributed by atoms with Crippen LogP contribution >= 0.6 is 0 Å². The minimum absolute atomic E-state index is 0.0701. The molecule has 3 heteroatoms. The fourth-order valence-corrected chi connectivity index (χ4v) is 2.38. The van der Waals surface area contributed by atoms with Crippen molar-refractivity contribution in [2.75, 3.05) is 0 Å². The lowest BCUT2D eigenvalue weighted by Gasteiger charge is -2.00. The van der Waals surface area contributed by atoms with Crippen LogP contribution in [0.3, 0.4) is 0 Å². The van der Waals surface area contributed by atoms with Gasteiger partial charge < -0.3 is 5.11 Å². The molecule has 0 aliphatic carbocycles. The molecule has 0 saturated carbocycles. The van der Waals surface area contributed by atoms with E-state index in [9.17, 15) is 5.11 Å². The predicted molar refractivity (Wildman–Crippen MR) is 75.9 cm³/mol. The fraction of sp³-hybridized carbons (Fsp3) is 0.188. The van der Waals surface area contributed by atoms with E-state index in [0.29, 0.717) is 0 Å². The van der Waals surface area contributed by atoms with Gasteiger partial charge >= 0.3 is 0 Å². The highest BCUT2D eigenvalue weighted by Crippen LogP contribution is 2.20. The third-order valence-corrected chi connectivity index (χ3v) is 3.28. The van der Waals surface area contributed by atoms with Gasteiger partial charge in [-0.3, -0.25) is 4.68 Å². The molecule has 0 aliphatic rings. The lowest BCUT2D eigenvalue weighted by molar-refractivity contribution is 0.282. The second kappa shape index (κ2) is 4.86. The van der Waals surface area contributed by atoms with E-state index in [1.165, 1.54) is 5.56 Å². The van der Waals surface area contributed by atoms with Crippen molar-refractivity contribution >= 4 is 10.9 Å². The van der Waals surface area contributed by atoms with E-state index in [1.54, 1.807) is 0 Å². The average molecular weight is 252 g/mol. The molecule has 2 aromatic carbocycles. The summed E-state index contributed by atoms with van der Waals surface area (Å²) in [7, 11) is 0. The lowest BCUT2D eigenvalue weighted by atomic mass is 10.1. The Morgan fingerprint density at radius 2 is 1.89 bits per heavy atom. The molecule has 1 N–H and O–H groups in total. The Morgan fingerprint density at radius 1 is 1.11 bits per heavy atom. The molecule has 1 aromatic heterocycles. The summed E-state index contributed by atoms with van der Waals surface area (Å²) in [5.41, 5.74) is 4.28. The van der Waals surface area contributed by atoms with Crippen molar-refractivity contribution in [2.24, 2.45) is 0 Å². The zero-order valence-corrected chi connectivity index (χ0v) is 10.9. The molecule has 0 radical (unpaired) electrons. The van der Waals surface area contributed by atoms with Crippen molar-refractivity contribution in [3.05, 3.63) is 65.4 Å². The van der Waals surface area contributed by atoms with Crippen LogP contribution in [0.1, 0.15) is 16.7 Å². The van der Waals surface area contributed by atoms with Crippen molar-refractivity contribution < 1.29 is 5.11 Å². The van der Waals surface area contributed by atoms with E-state index < -0.39 is 0 Å². The molecule has 0 saturated heterocycles. The first-order chi connectivity index (χ1) is 9.26. The Kier molecular flexibility index (Phi) is 3.05. The number of hydrogen-bond donors (Lipinski definition) is 1. The second-order valence-electron chi connectivity index (χ2n) is 4.82. The van der Waals surface area contributed by atoms with Crippen LogP contribution in [0.4, 0.5) is 0 Å². The van der Waals surface area contributed by atoms with Crippen LogP contribution in [-0.4, -0.2) is 14.9 Å². The Balaban J connectivity index is 2.00. The van der Waals surface area contributed by atoms with E-state index in [1.807, 2.05) is 48.1 Å². The van der Waals surface area contributed by atoms with Crippen LogP contribution in [-0.2, 0) is 13.2 Å². The smallest absolute Gasteiger partial charge is 0.0952 e. The molecule has 0 unspecified atom stereocenters. The molecule has 0 atom stereocenters. The number of aliphatic hydroxyl groups is 1. The number of nitrogens with zero attached hydrogens (tertiary/aromatic N) is 2. The molecule has 19 heavy (non-hydrogen) atoms. The standard InChI is InChI=1S/C16H16N2O/c1-12-7-14(11-19)8-15-10-18(17-16(12)15)9-13-5-3-2-4-6-13/h2-8,10,19H,9,11H2,1H3. The Morgan fingerprint density at radius 3 is 2.63 bits per heavy atom. The number of benzene rings is 2. The summed E-state index contributed by atoms with van der Waals surface area (Å²) >= 11 is 0. The molecular weight excluding hydrogens is 236 g/mol. The van der Waals surface area contributed by atoms with Crippen molar-refractivity contribution in [3.63, 3.8) is 0 Å². The van der Waals surface area contributed by atoms with Crippen molar-refractivity contribution in [1.82, 2.24) is 9.78 Å². The SMILES string of the molecule is Cc1cc(CO)cc2cn(Cc3ccccc3)nc12. The van der Waals surface area contributed by atoms with Gasteiger partial charge in [0, 0.05) is 11.6 Å². The van der Waals surface area contributed by atoms with Gasteiger partial charge in [0.15, 0.2) is 0 Å². The minimum atomic E-state index is 0.0701. The van der Waals surface area contributed by atoms with Crippen molar-refractivity contribution in [3.8, 4) is 0 Å². The fourth-order valence-electron chi connectivity index (χ4n) is 2.38. The van der Waals surface area contributed by atoms with Crippen molar-refractivity contribution in [2.45, 2.75) is 20.1 Å². The van der Waals surface area contributed by atoms with E-state index in [0.717, 1.165) is 28.6 Å². The first-order valence-electron chi connectivity index (χ1n) is 6.38. The maximum atomic E-state index is 9.24. The number of hydrogen-bond acceptors (Lipinski definition) is 2. The zero-order chi connectivity index (χ0) is 13.2. The number of rotatable bonds is 3. The molecule has 1 heterocycles. The lowest BCUT2D eigenvalue weighted by Crippen LogP contribution is -1.99. The molecule has 0 spiro atoms. The van der Waals surface area contributed by atoms with E-state index >= 15 is 0 Å². The summed E-state index contributed by atoms with van der Waals surface area (Å²) in [5, 5.41) is 14.9. The van der Waals surface area contributed by atoms with Gasteiger partial charge in [0.25, 0.3) is 0 Å². The van der Waals surface area contributed by atoms with Crippen molar-refractivity contribution in [1.29, 1.82) is 0 Å². The first kappa shape index (κ1) is 11.9.